The number of piperazine rings is 1. The van der Waals surface area contributed by atoms with Crippen molar-refractivity contribution in [2.24, 2.45) is 0 Å². The first kappa shape index (κ1) is 29.8. The quantitative estimate of drug-likeness (QED) is 0.285. The molecule has 0 aliphatic carbocycles. The lowest BCUT2D eigenvalue weighted by atomic mass is 10.0. The Morgan fingerprint density at radius 2 is 1.66 bits per heavy atom. The molecule has 1 aliphatic heterocycles. The lowest BCUT2D eigenvalue weighted by Crippen LogP contribution is -2.58. The average molecular weight is 576 g/mol. The zero-order chi connectivity index (χ0) is 29.7. The minimum absolute atomic E-state index is 0.00375. The molecule has 41 heavy (non-hydrogen) atoms. The van der Waals surface area contributed by atoms with Crippen LogP contribution < -0.4 is 10.2 Å². The SMILES string of the molecule is CC(=O)c1ccc(Cl)cc1N1CCN(C(Cc2ccccc2)C(=O)Nc2ccc(C(=O)OC(C)(C)C)cc2)C(=O)C1. The van der Waals surface area contributed by atoms with E-state index in [2.05, 4.69) is 5.32 Å². The molecule has 0 bridgehead atoms. The van der Waals surface area contributed by atoms with E-state index in [9.17, 15) is 19.2 Å². The Morgan fingerprint density at radius 3 is 2.27 bits per heavy atom. The van der Waals surface area contributed by atoms with Gasteiger partial charge in [-0.2, -0.15) is 0 Å². The van der Waals surface area contributed by atoms with Gasteiger partial charge in [0.05, 0.1) is 12.1 Å². The van der Waals surface area contributed by atoms with Gasteiger partial charge in [-0.1, -0.05) is 41.9 Å². The third-order valence-corrected chi connectivity index (χ3v) is 6.91. The number of carbonyl (C=O) groups is 4. The fourth-order valence-corrected chi connectivity index (χ4v) is 4.89. The Labute approximate surface area is 245 Å². The van der Waals surface area contributed by atoms with Gasteiger partial charge in [0, 0.05) is 41.5 Å². The average Bonchev–Trinajstić information content (AvgIpc) is 2.91. The molecule has 1 fully saturated rings. The highest BCUT2D eigenvalue weighted by molar-refractivity contribution is 6.31. The first-order chi connectivity index (χ1) is 19.4. The van der Waals surface area contributed by atoms with Crippen LogP contribution in [0.25, 0.3) is 0 Å². The topological polar surface area (TPSA) is 96.0 Å². The van der Waals surface area contributed by atoms with Crippen molar-refractivity contribution < 1.29 is 23.9 Å². The lowest BCUT2D eigenvalue weighted by molar-refractivity contribution is -0.138. The Bertz CT molecular complexity index is 1430. The number of anilines is 2. The van der Waals surface area contributed by atoms with E-state index in [1.165, 1.54) is 6.92 Å². The van der Waals surface area contributed by atoms with Gasteiger partial charge in [-0.05, 0) is 75.7 Å². The van der Waals surface area contributed by atoms with Crippen LogP contribution in [0, 0.1) is 0 Å². The predicted molar refractivity (Wildman–Crippen MR) is 160 cm³/mol. The molecule has 0 radical (unpaired) electrons. The van der Waals surface area contributed by atoms with E-state index in [1.807, 2.05) is 35.2 Å². The fourth-order valence-electron chi connectivity index (χ4n) is 4.72. The number of nitrogens with zero attached hydrogens (tertiary/aromatic N) is 2. The van der Waals surface area contributed by atoms with Crippen molar-refractivity contribution in [3.8, 4) is 0 Å². The van der Waals surface area contributed by atoms with Crippen molar-refractivity contribution in [3.63, 3.8) is 0 Å². The van der Waals surface area contributed by atoms with Crippen LogP contribution in [0.5, 0.6) is 0 Å². The first-order valence-electron chi connectivity index (χ1n) is 13.4. The van der Waals surface area contributed by atoms with Crippen LogP contribution in [0.2, 0.25) is 5.02 Å². The third-order valence-electron chi connectivity index (χ3n) is 6.67. The maximum absolute atomic E-state index is 13.6. The molecule has 1 atom stereocenters. The summed E-state index contributed by atoms with van der Waals surface area (Å²) < 4.78 is 5.41. The Balaban J connectivity index is 1.53. The van der Waals surface area contributed by atoms with E-state index >= 15 is 0 Å². The van der Waals surface area contributed by atoms with Crippen LogP contribution in [-0.4, -0.2) is 59.7 Å². The van der Waals surface area contributed by atoms with Gasteiger partial charge in [0.15, 0.2) is 5.78 Å². The smallest absolute Gasteiger partial charge is 0.338 e. The number of benzene rings is 3. The number of halogens is 1. The number of carbonyl (C=O) groups excluding carboxylic acids is 4. The van der Waals surface area contributed by atoms with Crippen LogP contribution in [0.3, 0.4) is 0 Å². The molecule has 8 nitrogen and oxygen atoms in total. The number of Topliss-reactive ketones (excluding diaryl/α,β-unsaturated/α-hetero) is 1. The molecule has 3 aromatic carbocycles. The van der Waals surface area contributed by atoms with Crippen molar-refractivity contribution in [2.75, 3.05) is 29.9 Å². The normalized spacial score (nSPS) is 14.4. The zero-order valence-corrected chi connectivity index (χ0v) is 24.4. The maximum Gasteiger partial charge on any atom is 0.338 e. The number of esters is 1. The largest absolute Gasteiger partial charge is 0.456 e. The summed E-state index contributed by atoms with van der Waals surface area (Å²) in [4.78, 5) is 55.1. The van der Waals surface area contributed by atoms with E-state index < -0.39 is 17.6 Å². The number of nitrogens with one attached hydrogen (secondary N) is 1. The third kappa shape index (κ3) is 7.73. The maximum atomic E-state index is 13.6. The molecule has 3 aromatic rings. The summed E-state index contributed by atoms with van der Waals surface area (Å²) >= 11 is 6.21. The first-order valence-corrected chi connectivity index (χ1v) is 13.8. The van der Waals surface area contributed by atoms with Crippen molar-refractivity contribution in [2.45, 2.75) is 45.8 Å². The molecule has 1 N–H and O–H groups in total. The lowest BCUT2D eigenvalue weighted by Gasteiger charge is -2.40. The van der Waals surface area contributed by atoms with Crippen molar-refractivity contribution >= 4 is 46.5 Å². The molecule has 0 spiro atoms. The van der Waals surface area contributed by atoms with Crippen LogP contribution >= 0.6 is 11.6 Å². The summed E-state index contributed by atoms with van der Waals surface area (Å²) in [5.41, 5.74) is 2.26. The van der Waals surface area contributed by atoms with Crippen molar-refractivity contribution in [3.05, 3.63) is 94.5 Å². The van der Waals surface area contributed by atoms with Gasteiger partial charge in [0.25, 0.3) is 0 Å². The van der Waals surface area contributed by atoms with E-state index in [0.29, 0.717) is 40.5 Å². The van der Waals surface area contributed by atoms with Crippen LogP contribution in [0.15, 0.2) is 72.8 Å². The summed E-state index contributed by atoms with van der Waals surface area (Å²) in [6.07, 6.45) is 0.324. The predicted octanol–water partition coefficient (Wildman–Crippen LogP) is 5.40. The summed E-state index contributed by atoms with van der Waals surface area (Å²) in [7, 11) is 0. The van der Waals surface area contributed by atoms with E-state index in [-0.39, 0.29) is 30.7 Å². The zero-order valence-electron chi connectivity index (χ0n) is 23.6. The second-order valence-corrected chi connectivity index (χ2v) is 11.4. The number of hydrogen-bond acceptors (Lipinski definition) is 6. The molecular formula is C32H34ClN3O5. The molecule has 0 saturated carbocycles. The highest BCUT2D eigenvalue weighted by Crippen LogP contribution is 2.28. The Kier molecular flexibility index (Phi) is 9.13. The number of ketones is 1. The summed E-state index contributed by atoms with van der Waals surface area (Å²) in [6, 6.07) is 20.2. The molecular weight excluding hydrogens is 542 g/mol. The fraction of sp³-hybridized carbons (Fsp3) is 0.312. The molecule has 1 unspecified atom stereocenters. The molecule has 9 heteroatoms. The molecule has 1 saturated heterocycles. The highest BCUT2D eigenvalue weighted by Gasteiger charge is 2.35. The van der Waals surface area contributed by atoms with E-state index in [4.69, 9.17) is 16.3 Å². The summed E-state index contributed by atoms with van der Waals surface area (Å²) in [5, 5.41) is 3.38. The summed E-state index contributed by atoms with van der Waals surface area (Å²) in [5.74, 6) is -1.14. The van der Waals surface area contributed by atoms with Gasteiger partial charge in [0.1, 0.15) is 11.6 Å². The van der Waals surface area contributed by atoms with Gasteiger partial charge in [-0.25, -0.2) is 4.79 Å². The summed E-state index contributed by atoms with van der Waals surface area (Å²) in [6.45, 7) is 7.58. The molecule has 1 heterocycles. The molecule has 2 amide bonds. The second kappa shape index (κ2) is 12.6. The van der Waals surface area contributed by atoms with Gasteiger partial charge >= 0.3 is 5.97 Å². The van der Waals surface area contributed by atoms with Crippen molar-refractivity contribution in [1.82, 2.24) is 4.90 Å². The molecule has 0 aromatic heterocycles. The molecule has 4 rings (SSSR count). The molecule has 1 aliphatic rings. The molecule has 214 valence electrons. The monoisotopic (exact) mass is 575 g/mol. The highest BCUT2D eigenvalue weighted by atomic mass is 35.5. The van der Waals surface area contributed by atoms with Gasteiger partial charge in [-0.15, -0.1) is 0 Å². The second-order valence-electron chi connectivity index (χ2n) is 11.0. The van der Waals surface area contributed by atoms with Gasteiger partial charge in [0.2, 0.25) is 11.8 Å². The van der Waals surface area contributed by atoms with Crippen LogP contribution in [-0.2, 0) is 20.7 Å². The van der Waals surface area contributed by atoms with Gasteiger partial charge < -0.3 is 19.9 Å². The van der Waals surface area contributed by atoms with Crippen LogP contribution in [0.1, 0.15) is 54.0 Å². The van der Waals surface area contributed by atoms with Crippen molar-refractivity contribution in [1.29, 1.82) is 0 Å². The standard InChI is InChI=1S/C32H34ClN3O5/c1-21(37)26-15-12-24(33)19-27(26)35-16-17-36(29(38)20-35)28(18-22-8-6-5-7-9-22)30(39)34-25-13-10-23(11-14-25)31(40)41-32(2,3)4/h5-15,19,28H,16-18,20H2,1-4H3,(H,34,39). The van der Waals surface area contributed by atoms with Gasteiger partial charge in [-0.3, -0.25) is 14.4 Å². The minimum atomic E-state index is -0.774. The number of hydrogen-bond donors (Lipinski definition) is 1. The van der Waals surface area contributed by atoms with E-state index in [1.54, 1.807) is 68.1 Å². The number of ether oxygens (including phenoxy) is 1. The van der Waals surface area contributed by atoms with E-state index in [0.717, 1.165) is 5.56 Å². The Hall–Kier alpha value is -4.17. The minimum Gasteiger partial charge on any atom is -0.456 e. The Morgan fingerprint density at radius 1 is 0.976 bits per heavy atom. The van der Waals surface area contributed by atoms with Crippen LogP contribution in [0.4, 0.5) is 11.4 Å². The number of amides is 2. The number of rotatable bonds is 8.